The van der Waals surface area contributed by atoms with Gasteiger partial charge in [-0.15, -0.1) is 0 Å². The molecule has 140 valence electrons. The highest BCUT2D eigenvalue weighted by Gasteiger charge is 2.45. The van der Waals surface area contributed by atoms with Crippen molar-refractivity contribution in [1.29, 1.82) is 0 Å². The molecule has 1 amide bonds. The number of carbonyl (C=O) groups is 1. The minimum Gasteiger partial charge on any atom is -0.438 e. The van der Waals surface area contributed by atoms with Gasteiger partial charge in [0.1, 0.15) is 12.2 Å². The van der Waals surface area contributed by atoms with E-state index in [1.165, 1.54) is 5.71 Å². The highest BCUT2D eigenvalue weighted by atomic mass is 16.6. The number of oxime groups is 1. The van der Waals surface area contributed by atoms with Crippen LogP contribution in [0.2, 0.25) is 0 Å². The number of rotatable bonds is 3. The normalized spacial score (nSPS) is 25.2. The first-order chi connectivity index (χ1) is 12.7. The largest absolute Gasteiger partial charge is 0.438 e. The first kappa shape index (κ1) is 17.3. The summed E-state index contributed by atoms with van der Waals surface area (Å²) in [6, 6.07) is 8.62. The molecule has 2 aliphatic heterocycles. The van der Waals surface area contributed by atoms with Gasteiger partial charge < -0.3 is 14.5 Å². The van der Waals surface area contributed by atoms with Crippen LogP contribution in [0.3, 0.4) is 0 Å². The fourth-order valence-electron chi connectivity index (χ4n) is 4.53. The average molecular weight is 357 g/mol. The lowest BCUT2D eigenvalue weighted by Gasteiger charge is -2.46. The fourth-order valence-corrected chi connectivity index (χ4v) is 4.53. The lowest BCUT2D eigenvalue weighted by molar-refractivity contribution is -0.0473. The molecule has 1 spiro atoms. The lowest BCUT2D eigenvalue weighted by atomic mass is 9.81. The van der Waals surface area contributed by atoms with E-state index in [0.29, 0.717) is 12.6 Å². The maximum Gasteiger partial charge on any atom is 0.412 e. The van der Waals surface area contributed by atoms with Gasteiger partial charge in [-0.25, -0.2) is 4.79 Å². The standard InChI is InChI=1S/C20H27N3O3/c1-2-25-22-15-7-9-16(10-8-15)23-13-11-20(12-14-23)17-5-3-4-6-18(17)21-19(24)26-20/h3-6,16H,2,7-14H2,1H3,(H,21,24). The van der Waals surface area contributed by atoms with Gasteiger partial charge in [-0.3, -0.25) is 5.32 Å². The zero-order chi connectivity index (χ0) is 18.0. The van der Waals surface area contributed by atoms with Crippen LogP contribution in [0.1, 0.15) is 51.0 Å². The van der Waals surface area contributed by atoms with Crippen LogP contribution < -0.4 is 5.32 Å². The second kappa shape index (κ2) is 7.27. The Hall–Kier alpha value is -2.08. The van der Waals surface area contributed by atoms with Crippen LogP contribution in [0.4, 0.5) is 10.5 Å². The van der Waals surface area contributed by atoms with Gasteiger partial charge >= 0.3 is 6.09 Å². The Morgan fingerprint density at radius 1 is 1.27 bits per heavy atom. The van der Waals surface area contributed by atoms with E-state index in [-0.39, 0.29) is 6.09 Å². The molecule has 0 unspecified atom stereocenters. The smallest absolute Gasteiger partial charge is 0.412 e. The van der Waals surface area contributed by atoms with Crippen LogP contribution in [0.15, 0.2) is 29.4 Å². The van der Waals surface area contributed by atoms with Gasteiger partial charge in [0.05, 0.1) is 11.4 Å². The molecule has 2 fully saturated rings. The summed E-state index contributed by atoms with van der Waals surface area (Å²) in [6.07, 6.45) is 5.70. The Morgan fingerprint density at radius 2 is 2.00 bits per heavy atom. The van der Waals surface area contributed by atoms with Crippen molar-refractivity contribution < 1.29 is 14.4 Å². The number of amides is 1. The quantitative estimate of drug-likeness (QED) is 0.834. The summed E-state index contributed by atoms with van der Waals surface area (Å²) in [5.41, 5.74) is 2.74. The van der Waals surface area contributed by atoms with E-state index in [2.05, 4.69) is 21.4 Å². The van der Waals surface area contributed by atoms with Gasteiger partial charge in [0.15, 0.2) is 0 Å². The van der Waals surface area contributed by atoms with Gasteiger partial charge in [-0.05, 0) is 38.7 Å². The zero-order valence-corrected chi connectivity index (χ0v) is 15.4. The molecule has 1 aliphatic carbocycles. The van der Waals surface area contributed by atoms with Crippen LogP contribution in [0.5, 0.6) is 0 Å². The summed E-state index contributed by atoms with van der Waals surface area (Å²) in [6.45, 7) is 4.52. The predicted octanol–water partition coefficient (Wildman–Crippen LogP) is 3.87. The van der Waals surface area contributed by atoms with E-state index in [4.69, 9.17) is 9.57 Å². The monoisotopic (exact) mass is 357 g/mol. The number of nitrogens with one attached hydrogen (secondary N) is 1. The minimum absolute atomic E-state index is 0.327. The number of likely N-dealkylation sites (tertiary alicyclic amines) is 1. The van der Waals surface area contributed by atoms with Crippen LogP contribution in [0.25, 0.3) is 0 Å². The first-order valence-corrected chi connectivity index (χ1v) is 9.71. The number of para-hydroxylation sites is 1. The van der Waals surface area contributed by atoms with Crippen molar-refractivity contribution in [2.75, 3.05) is 25.0 Å². The lowest BCUT2D eigenvalue weighted by Crippen LogP contribution is -2.51. The molecule has 1 N–H and O–H groups in total. The number of anilines is 1. The SMILES string of the molecule is CCON=C1CCC(N2CCC3(CC2)OC(=O)Nc2ccccc23)CC1. The summed E-state index contributed by atoms with van der Waals surface area (Å²) in [5, 5.41) is 7.04. The molecule has 1 saturated heterocycles. The van der Waals surface area contributed by atoms with Crippen molar-refractivity contribution in [3.05, 3.63) is 29.8 Å². The molecule has 0 bridgehead atoms. The van der Waals surface area contributed by atoms with Gasteiger partial charge in [-0.2, -0.15) is 0 Å². The average Bonchev–Trinajstić information content (AvgIpc) is 2.67. The second-order valence-electron chi connectivity index (χ2n) is 7.40. The van der Waals surface area contributed by atoms with E-state index in [9.17, 15) is 4.79 Å². The number of benzene rings is 1. The highest BCUT2D eigenvalue weighted by molar-refractivity contribution is 5.88. The number of hydrogen-bond acceptors (Lipinski definition) is 5. The van der Waals surface area contributed by atoms with E-state index in [0.717, 1.165) is 62.9 Å². The third kappa shape index (κ3) is 3.30. The van der Waals surface area contributed by atoms with Gasteiger partial charge in [0.25, 0.3) is 0 Å². The molecule has 3 aliphatic rings. The molecule has 1 aromatic rings. The van der Waals surface area contributed by atoms with Crippen molar-refractivity contribution in [1.82, 2.24) is 4.90 Å². The molecule has 2 heterocycles. The summed E-state index contributed by atoms with van der Waals surface area (Å²) in [4.78, 5) is 19.8. The molecule has 1 saturated carbocycles. The summed E-state index contributed by atoms with van der Waals surface area (Å²) >= 11 is 0. The Balaban J connectivity index is 1.40. The van der Waals surface area contributed by atoms with E-state index >= 15 is 0 Å². The Morgan fingerprint density at radius 3 is 2.73 bits per heavy atom. The number of hydrogen-bond donors (Lipinski definition) is 1. The number of ether oxygens (including phenoxy) is 1. The Labute approximate surface area is 154 Å². The van der Waals surface area contributed by atoms with Crippen LogP contribution >= 0.6 is 0 Å². The van der Waals surface area contributed by atoms with Crippen LogP contribution in [-0.2, 0) is 15.2 Å². The van der Waals surface area contributed by atoms with Gasteiger partial charge in [0.2, 0.25) is 0 Å². The molecule has 6 heteroatoms. The summed E-state index contributed by atoms with van der Waals surface area (Å²) in [5.74, 6) is 0. The molecular formula is C20H27N3O3. The van der Waals surface area contributed by atoms with Crippen LogP contribution in [-0.4, -0.2) is 42.4 Å². The third-order valence-corrected chi connectivity index (χ3v) is 5.92. The van der Waals surface area contributed by atoms with Gasteiger partial charge in [-0.1, -0.05) is 23.4 Å². The molecule has 6 nitrogen and oxygen atoms in total. The molecule has 4 rings (SSSR count). The number of fused-ring (bicyclic) bond motifs is 2. The molecule has 1 aromatic carbocycles. The van der Waals surface area contributed by atoms with Gasteiger partial charge in [0, 0.05) is 37.5 Å². The topological polar surface area (TPSA) is 63.2 Å². The molecular weight excluding hydrogens is 330 g/mol. The second-order valence-corrected chi connectivity index (χ2v) is 7.40. The maximum atomic E-state index is 12.0. The predicted molar refractivity (Wildman–Crippen MR) is 100 cm³/mol. The third-order valence-electron chi connectivity index (χ3n) is 5.92. The molecule has 0 atom stereocenters. The maximum absolute atomic E-state index is 12.0. The summed E-state index contributed by atoms with van der Waals surface area (Å²) in [7, 11) is 0. The summed E-state index contributed by atoms with van der Waals surface area (Å²) < 4.78 is 5.83. The molecule has 0 aromatic heterocycles. The Bertz CT molecular complexity index is 685. The zero-order valence-electron chi connectivity index (χ0n) is 15.4. The Kier molecular flexibility index (Phi) is 4.85. The van der Waals surface area contributed by atoms with Crippen molar-refractivity contribution in [3.63, 3.8) is 0 Å². The fraction of sp³-hybridized carbons (Fsp3) is 0.600. The number of piperidine rings is 1. The van der Waals surface area contributed by atoms with E-state index < -0.39 is 5.60 Å². The van der Waals surface area contributed by atoms with Crippen LogP contribution in [0, 0.1) is 0 Å². The van der Waals surface area contributed by atoms with Crippen molar-refractivity contribution in [3.8, 4) is 0 Å². The van der Waals surface area contributed by atoms with E-state index in [1.807, 2.05) is 25.1 Å². The highest BCUT2D eigenvalue weighted by Crippen LogP contribution is 2.44. The minimum atomic E-state index is -0.467. The first-order valence-electron chi connectivity index (χ1n) is 9.71. The number of carbonyl (C=O) groups excluding carboxylic acids is 1. The van der Waals surface area contributed by atoms with Crippen molar-refractivity contribution in [2.45, 2.75) is 57.1 Å². The number of nitrogens with zero attached hydrogens (tertiary/aromatic N) is 2. The van der Waals surface area contributed by atoms with Crippen molar-refractivity contribution >= 4 is 17.5 Å². The molecule has 26 heavy (non-hydrogen) atoms. The molecule has 0 radical (unpaired) electrons. The van der Waals surface area contributed by atoms with Crippen molar-refractivity contribution in [2.24, 2.45) is 5.16 Å². The van der Waals surface area contributed by atoms with E-state index in [1.54, 1.807) is 0 Å².